The number of hydrazone groups is 1. The minimum atomic E-state index is -0.226. The second-order valence-electron chi connectivity index (χ2n) is 9.75. The first-order valence-electron chi connectivity index (χ1n) is 13.0. The van der Waals surface area contributed by atoms with Crippen molar-refractivity contribution in [1.82, 2.24) is 19.5 Å². The summed E-state index contributed by atoms with van der Waals surface area (Å²) in [5.41, 5.74) is 7.35. The first kappa shape index (κ1) is 23.4. The molecule has 0 aliphatic carbocycles. The molecular weight excluding hydrogens is 467 g/mol. The molecule has 4 aromatic rings. The number of hydrogen-bond acceptors (Lipinski definition) is 7. The van der Waals surface area contributed by atoms with Crippen molar-refractivity contribution >= 4 is 35.0 Å². The highest BCUT2D eigenvalue weighted by molar-refractivity contribution is 6.01. The Morgan fingerprint density at radius 2 is 1.49 bits per heavy atom. The van der Waals surface area contributed by atoms with Gasteiger partial charge in [0.25, 0.3) is 0 Å². The van der Waals surface area contributed by atoms with Crippen molar-refractivity contribution in [3.8, 4) is 0 Å². The molecule has 0 unspecified atom stereocenters. The quantitative estimate of drug-likeness (QED) is 0.287. The van der Waals surface area contributed by atoms with Crippen LogP contribution >= 0.6 is 0 Å². The number of halogens is 1. The van der Waals surface area contributed by atoms with Gasteiger partial charge in [-0.15, -0.1) is 0 Å². The second-order valence-corrected chi connectivity index (χ2v) is 9.75. The van der Waals surface area contributed by atoms with Crippen LogP contribution in [-0.4, -0.2) is 51.9 Å². The molecule has 6 rings (SSSR count). The Bertz CT molecular complexity index is 1380. The number of nitrogens with one attached hydrogen (secondary N) is 1. The largest absolute Gasteiger partial charge is 0.341 e. The van der Waals surface area contributed by atoms with Crippen LogP contribution in [0.2, 0.25) is 0 Å². The predicted molar refractivity (Wildman–Crippen MR) is 146 cm³/mol. The maximum Gasteiger partial charge on any atom is 0.250 e. The Morgan fingerprint density at radius 3 is 2.14 bits per heavy atom. The maximum absolute atomic E-state index is 13.4. The van der Waals surface area contributed by atoms with E-state index >= 15 is 0 Å². The molecule has 37 heavy (non-hydrogen) atoms. The van der Waals surface area contributed by atoms with Gasteiger partial charge in [-0.1, -0.05) is 30.3 Å². The Labute approximate surface area is 215 Å². The summed E-state index contributed by atoms with van der Waals surface area (Å²) in [6.07, 6.45) is 6.48. The van der Waals surface area contributed by atoms with Gasteiger partial charge in [0.05, 0.1) is 6.21 Å². The van der Waals surface area contributed by atoms with Crippen LogP contribution in [0.25, 0.3) is 10.9 Å². The number of anilines is 3. The van der Waals surface area contributed by atoms with E-state index in [2.05, 4.69) is 53.9 Å². The van der Waals surface area contributed by atoms with E-state index in [0.29, 0.717) is 12.5 Å². The van der Waals surface area contributed by atoms with Crippen molar-refractivity contribution in [2.75, 3.05) is 41.4 Å². The van der Waals surface area contributed by atoms with Crippen LogP contribution < -0.4 is 15.2 Å². The zero-order valence-electron chi connectivity index (χ0n) is 21.1. The maximum atomic E-state index is 13.4. The first-order valence-corrected chi connectivity index (χ1v) is 13.0. The lowest BCUT2D eigenvalue weighted by Crippen LogP contribution is -2.25. The molecule has 0 amide bonds. The monoisotopic (exact) mass is 498 g/mol. The van der Waals surface area contributed by atoms with E-state index in [1.165, 1.54) is 12.1 Å². The van der Waals surface area contributed by atoms with Crippen molar-refractivity contribution in [3.05, 3.63) is 71.2 Å². The molecule has 0 radical (unpaired) electrons. The molecule has 9 heteroatoms. The normalized spacial score (nSPS) is 15.9. The molecule has 2 aliphatic heterocycles. The van der Waals surface area contributed by atoms with Crippen LogP contribution in [0, 0.1) is 12.7 Å². The molecule has 0 atom stereocenters. The SMILES string of the molecule is Cc1c(C=NNc2nc(N3CCCC3)nc(N3CCCC3)n2)c2ccccc2n1Cc1ccc(F)cc1. The van der Waals surface area contributed by atoms with Gasteiger partial charge in [0.2, 0.25) is 17.8 Å². The van der Waals surface area contributed by atoms with Crippen LogP contribution in [0.1, 0.15) is 42.5 Å². The third-order valence-electron chi connectivity index (χ3n) is 7.28. The molecule has 0 bridgehead atoms. The van der Waals surface area contributed by atoms with Crippen LogP contribution in [-0.2, 0) is 6.54 Å². The summed E-state index contributed by atoms with van der Waals surface area (Å²) in [5.74, 6) is 1.68. The number of rotatable bonds is 7. The number of aromatic nitrogens is 4. The summed E-state index contributed by atoms with van der Waals surface area (Å²) in [5, 5.41) is 5.67. The Morgan fingerprint density at radius 1 is 0.865 bits per heavy atom. The highest BCUT2D eigenvalue weighted by Gasteiger charge is 2.21. The van der Waals surface area contributed by atoms with Gasteiger partial charge < -0.3 is 14.4 Å². The topological polar surface area (TPSA) is 74.5 Å². The van der Waals surface area contributed by atoms with Gasteiger partial charge >= 0.3 is 0 Å². The van der Waals surface area contributed by atoms with Crippen LogP contribution in [0.4, 0.5) is 22.2 Å². The summed E-state index contributed by atoms with van der Waals surface area (Å²) in [7, 11) is 0. The minimum Gasteiger partial charge on any atom is -0.341 e. The summed E-state index contributed by atoms with van der Waals surface area (Å²) < 4.78 is 15.7. The molecular formula is C28H31FN8. The first-order chi connectivity index (χ1) is 18.2. The van der Waals surface area contributed by atoms with E-state index in [-0.39, 0.29) is 5.82 Å². The number of para-hydroxylation sites is 1. The Balaban J connectivity index is 1.29. The number of fused-ring (bicyclic) bond motifs is 1. The molecule has 2 fully saturated rings. The van der Waals surface area contributed by atoms with Gasteiger partial charge in [-0.2, -0.15) is 20.1 Å². The molecule has 1 N–H and O–H groups in total. The van der Waals surface area contributed by atoms with Gasteiger partial charge in [-0.3, -0.25) is 0 Å². The van der Waals surface area contributed by atoms with Gasteiger partial charge in [0, 0.05) is 54.9 Å². The summed E-state index contributed by atoms with van der Waals surface area (Å²) in [6, 6.07) is 14.9. The third-order valence-corrected chi connectivity index (χ3v) is 7.28. The van der Waals surface area contributed by atoms with Gasteiger partial charge in [-0.25, -0.2) is 9.82 Å². The molecule has 0 spiro atoms. The van der Waals surface area contributed by atoms with Crippen LogP contribution in [0.5, 0.6) is 0 Å². The van der Waals surface area contributed by atoms with Crippen molar-refractivity contribution in [3.63, 3.8) is 0 Å². The molecule has 4 heterocycles. The van der Waals surface area contributed by atoms with E-state index in [1.807, 2.05) is 30.5 Å². The highest BCUT2D eigenvalue weighted by atomic mass is 19.1. The van der Waals surface area contributed by atoms with E-state index in [4.69, 9.17) is 4.98 Å². The average Bonchev–Trinajstić information content (AvgIpc) is 3.69. The fourth-order valence-electron chi connectivity index (χ4n) is 5.27. The van der Waals surface area contributed by atoms with Gasteiger partial charge in [0.15, 0.2) is 0 Å². The number of benzene rings is 2. The predicted octanol–water partition coefficient (Wildman–Crippen LogP) is 4.97. The zero-order valence-corrected chi connectivity index (χ0v) is 21.1. The standard InChI is InChI=1S/C28H31FN8/c1-20-24(23-8-2-3-9-25(23)37(20)19-21-10-12-22(29)13-11-21)18-30-34-26-31-27(35-14-4-5-15-35)33-28(32-26)36-16-6-7-17-36/h2-3,8-13,18H,4-7,14-17,19H2,1H3,(H,31,32,33,34). The Kier molecular flexibility index (Phi) is 6.42. The lowest BCUT2D eigenvalue weighted by atomic mass is 10.1. The third kappa shape index (κ3) is 4.85. The van der Waals surface area contributed by atoms with Crippen molar-refractivity contribution in [1.29, 1.82) is 0 Å². The van der Waals surface area contributed by atoms with E-state index in [1.54, 1.807) is 0 Å². The Hall–Kier alpha value is -4.01. The van der Waals surface area contributed by atoms with Crippen molar-refractivity contribution in [2.24, 2.45) is 5.10 Å². The fourth-order valence-corrected chi connectivity index (χ4v) is 5.27. The van der Waals surface area contributed by atoms with Crippen molar-refractivity contribution in [2.45, 2.75) is 39.2 Å². The molecule has 2 saturated heterocycles. The fraction of sp³-hybridized carbons (Fsp3) is 0.357. The average molecular weight is 499 g/mol. The summed E-state index contributed by atoms with van der Waals surface area (Å²) >= 11 is 0. The van der Waals surface area contributed by atoms with E-state index in [9.17, 15) is 4.39 Å². The number of hydrogen-bond donors (Lipinski definition) is 1. The van der Waals surface area contributed by atoms with Crippen LogP contribution in [0.15, 0.2) is 53.6 Å². The van der Waals surface area contributed by atoms with Crippen molar-refractivity contribution < 1.29 is 4.39 Å². The lowest BCUT2D eigenvalue weighted by Gasteiger charge is -2.20. The van der Waals surface area contributed by atoms with Crippen LogP contribution in [0.3, 0.4) is 0 Å². The molecule has 0 saturated carbocycles. The van der Waals surface area contributed by atoms with E-state index < -0.39 is 0 Å². The van der Waals surface area contributed by atoms with Gasteiger partial charge in [-0.05, 0) is 56.4 Å². The molecule has 2 aromatic carbocycles. The van der Waals surface area contributed by atoms with E-state index in [0.717, 1.165) is 91.5 Å². The molecule has 2 aliphatic rings. The zero-order chi connectivity index (χ0) is 25.2. The lowest BCUT2D eigenvalue weighted by molar-refractivity contribution is 0.626. The number of nitrogens with zero attached hydrogens (tertiary/aromatic N) is 7. The minimum absolute atomic E-state index is 0.226. The van der Waals surface area contributed by atoms with Gasteiger partial charge in [0.1, 0.15) is 5.82 Å². The summed E-state index contributed by atoms with van der Waals surface area (Å²) in [6.45, 7) is 6.63. The second kappa shape index (κ2) is 10.2. The molecule has 2 aromatic heterocycles. The summed E-state index contributed by atoms with van der Waals surface area (Å²) in [4.78, 5) is 18.6. The highest BCUT2D eigenvalue weighted by Crippen LogP contribution is 2.26. The molecule has 8 nitrogen and oxygen atoms in total. The smallest absolute Gasteiger partial charge is 0.250 e. The molecule has 190 valence electrons.